The molecule has 5 nitrogen and oxygen atoms in total. The molecule has 1 amide bonds. The van der Waals surface area contributed by atoms with E-state index >= 15 is 0 Å². The van der Waals surface area contributed by atoms with E-state index in [0.29, 0.717) is 6.42 Å². The van der Waals surface area contributed by atoms with Gasteiger partial charge >= 0.3 is 0 Å². The van der Waals surface area contributed by atoms with Gasteiger partial charge in [0.25, 0.3) is 0 Å². The van der Waals surface area contributed by atoms with Crippen LogP contribution in [0.3, 0.4) is 0 Å². The summed E-state index contributed by atoms with van der Waals surface area (Å²) in [6.45, 7) is 3.50. The van der Waals surface area contributed by atoms with Gasteiger partial charge in [-0.1, -0.05) is 6.07 Å². The van der Waals surface area contributed by atoms with Crippen LogP contribution >= 0.6 is 0 Å². The third-order valence-electron chi connectivity index (χ3n) is 4.07. The van der Waals surface area contributed by atoms with Crippen molar-refractivity contribution in [2.24, 2.45) is 0 Å². The lowest BCUT2D eigenvalue weighted by molar-refractivity contribution is -0.130. The number of amides is 1. The van der Waals surface area contributed by atoms with Gasteiger partial charge in [0.15, 0.2) is 0 Å². The first-order chi connectivity index (χ1) is 10.7. The van der Waals surface area contributed by atoms with Crippen molar-refractivity contribution in [1.29, 1.82) is 0 Å². The average molecular weight is 296 g/mol. The van der Waals surface area contributed by atoms with Crippen molar-refractivity contribution in [1.82, 2.24) is 19.9 Å². The molecule has 1 fully saturated rings. The molecule has 0 bridgehead atoms. The topological polar surface area (TPSA) is 59.0 Å². The first-order valence-corrected chi connectivity index (χ1v) is 7.68. The van der Waals surface area contributed by atoms with Crippen molar-refractivity contribution in [2.75, 3.05) is 13.1 Å². The maximum atomic E-state index is 12.3. The van der Waals surface area contributed by atoms with Gasteiger partial charge in [0.05, 0.1) is 0 Å². The second kappa shape index (κ2) is 6.64. The van der Waals surface area contributed by atoms with Crippen LogP contribution < -0.4 is 0 Å². The van der Waals surface area contributed by atoms with E-state index in [4.69, 9.17) is 0 Å². The van der Waals surface area contributed by atoms with Gasteiger partial charge in [-0.25, -0.2) is 9.97 Å². The van der Waals surface area contributed by atoms with Gasteiger partial charge in [-0.3, -0.25) is 9.78 Å². The van der Waals surface area contributed by atoms with Crippen LogP contribution in [0.25, 0.3) is 0 Å². The van der Waals surface area contributed by atoms with Gasteiger partial charge in [0.2, 0.25) is 5.91 Å². The lowest BCUT2D eigenvalue weighted by Crippen LogP contribution is -2.28. The molecule has 3 rings (SSSR count). The van der Waals surface area contributed by atoms with Crippen molar-refractivity contribution in [3.05, 3.63) is 53.9 Å². The number of hydrogen-bond donors (Lipinski definition) is 0. The Hall–Kier alpha value is -2.30. The monoisotopic (exact) mass is 296 g/mol. The van der Waals surface area contributed by atoms with E-state index < -0.39 is 0 Å². The largest absolute Gasteiger partial charge is 0.342 e. The van der Waals surface area contributed by atoms with Crippen LogP contribution in [0, 0.1) is 6.92 Å². The Labute approximate surface area is 130 Å². The van der Waals surface area contributed by atoms with Crippen molar-refractivity contribution in [2.45, 2.75) is 32.1 Å². The molecule has 2 aromatic rings. The molecule has 0 spiro atoms. The number of aryl methyl sites for hydroxylation is 2. The maximum Gasteiger partial charge on any atom is 0.222 e. The first-order valence-electron chi connectivity index (χ1n) is 7.68. The Morgan fingerprint density at radius 2 is 2.27 bits per heavy atom. The van der Waals surface area contributed by atoms with Gasteiger partial charge in [0, 0.05) is 49.7 Å². The lowest BCUT2D eigenvalue weighted by atomic mass is 10.1. The molecule has 0 unspecified atom stereocenters. The van der Waals surface area contributed by atoms with E-state index in [1.165, 1.54) is 0 Å². The molecule has 0 radical (unpaired) electrons. The van der Waals surface area contributed by atoms with Crippen LogP contribution in [0.4, 0.5) is 0 Å². The number of pyridine rings is 1. The molecule has 3 heterocycles. The predicted octanol–water partition coefficient (Wildman–Crippen LogP) is 2.13. The summed E-state index contributed by atoms with van der Waals surface area (Å²) in [7, 11) is 0. The lowest BCUT2D eigenvalue weighted by Gasteiger charge is -2.16. The number of hydrogen-bond acceptors (Lipinski definition) is 4. The molecule has 1 saturated heterocycles. The Balaban J connectivity index is 1.55. The quantitative estimate of drug-likeness (QED) is 0.867. The van der Waals surface area contributed by atoms with E-state index in [0.717, 1.165) is 43.0 Å². The summed E-state index contributed by atoms with van der Waals surface area (Å²) in [4.78, 5) is 27.2. The fourth-order valence-electron chi connectivity index (χ4n) is 2.82. The summed E-state index contributed by atoms with van der Waals surface area (Å²) in [6.07, 6.45) is 7.59. The number of aromatic nitrogens is 3. The van der Waals surface area contributed by atoms with Crippen LogP contribution in [-0.2, 0) is 11.2 Å². The highest BCUT2D eigenvalue weighted by molar-refractivity contribution is 5.76. The van der Waals surface area contributed by atoms with Gasteiger partial charge in [-0.15, -0.1) is 0 Å². The van der Waals surface area contributed by atoms with Crippen LogP contribution in [0.2, 0.25) is 0 Å². The van der Waals surface area contributed by atoms with E-state index in [-0.39, 0.29) is 11.8 Å². The highest BCUT2D eigenvalue weighted by atomic mass is 16.2. The summed E-state index contributed by atoms with van der Waals surface area (Å²) in [6, 6.07) is 5.81. The summed E-state index contributed by atoms with van der Waals surface area (Å²) in [5, 5.41) is 0. The van der Waals surface area contributed by atoms with Crippen LogP contribution in [0.15, 0.2) is 36.8 Å². The standard InChI is InChI=1S/C17H20N4O/c1-13-6-9-19-17(20-13)15-7-10-21(12-15)16(22)5-4-14-3-2-8-18-11-14/h2-3,6,8-9,11,15H,4-5,7,10,12H2,1H3/t15-/m1/s1. The van der Waals surface area contributed by atoms with Crippen molar-refractivity contribution in [3.8, 4) is 0 Å². The molecule has 0 aromatic carbocycles. The van der Waals surface area contributed by atoms with Crippen LogP contribution in [0.5, 0.6) is 0 Å². The van der Waals surface area contributed by atoms with Crippen molar-refractivity contribution in [3.63, 3.8) is 0 Å². The maximum absolute atomic E-state index is 12.3. The summed E-state index contributed by atoms with van der Waals surface area (Å²) >= 11 is 0. The first kappa shape index (κ1) is 14.6. The normalized spacial score (nSPS) is 17.7. The Morgan fingerprint density at radius 3 is 3.05 bits per heavy atom. The fraction of sp³-hybridized carbons (Fsp3) is 0.412. The molecule has 0 N–H and O–H groups in total. The third-order valence-corrected chi connectivity index (χ3v) is 4.07. The minimum absolute atomic E-state index is 0.207. The number of likely N-dealkylation sites (tertiary alicyclic amines) is 1. The smallest absolute Gasteiger partial charge is 0.222 e. The summed E-state index contributed by atoms with van der Waals surface area (Å²) in [5.74, 6) is 1.34. The highest BCUT2D eigenvalue weighted by Gasteiger charge is 2.28. The number of nitrogens with zero attached hydrogens (tertiary/aromatic N) is 4. The SMILES string of the molecule is Cc1ccnc([C@@H]2CCN(C(=O)CCc3cccnc3)C2)n1. The number of rotatable bonds is 4. The zero-order chi connectivity index (χ0) is 15.4. The Kier molecular flexibility index (Phi) is 4.42. The van der Waals surface area contributed by atoms with E-state index in [1.54, 1.807) is 12.4 Å². The minimum Gasteiger partial charge on any atom is -0.342 e. The molecule has 114 valence electrons. The van der Waals surface area contributed by atoms with Gasteiger partial charge in [-0.05, 0) is 37.5 Å². The number of carbonyl (C=O) groups is 1. The molecular weight excluding hydrogens is 276 g/mol. The fourth-order valence-corrected chi connectivity index (χ4v) is 2.82. The molecule has 5 heteroatoms. The molecule has 1 aliphatic heterocycles. The second-order valence-corrected chi connectivity index (χ2v) is 5.74. The van der Waals surface area contributed by atoms with Gasteiger partial charge < -0.3 is 4.90 Å². The summed E-state index contributed by atoms with van der Waals surface area (Å²) < 4.78 is 0. The Bertz CT molecular complexity index is 644. The molecule has 2 aromatic heterocycles. The average Bonchev–Trinajstić information content (AvgIpc) is 3.04. The number of carbonyl (C=O) groups excluding carboxylic acids is 1. The molecule has 1 atom stereocenters. The van der Waals surface area contributed by atoms with Crippen LogP contribution in [-0.4, -0.2) is 38.8 Å². The zero-order valence-electron chi connectivity index (χ0n) is 12.8. The van der Waals surface area contributed by atoms with E-state index in [1.807, 2.05) is 36.2 Å². The molecule has 0 aliphatic carbocycles. The predicted molar refractivity (Wildman–Crippen MR) is 83.3 cm³/mol. The van der Waals surface area contributed by atoms with Crippen LogP contribution in [0.1, 0.15) is 35.8 Å². The molecule has 0 saturated carbocycles. The second-order valence-electron chi connectivity index (χ2n) is 5.74. The van der Waals surface area contributed by atoms with E-state index in [2.05, 4.69) is 15.0 Å². The third kappa shape index (κ3) is 3.47. The molecule has 1 aliphatic rings. The van der Waals surface area contributed by atoms with Gasteiger partial charge in [-0.2, -0.15) is 0 Å². The van der Waals surface area contributed by atoms with E-state index in [9.17, 15) is 4.79 Å². The minimum atomic E-state index is 0.207. The Morgan fingerprint density at radius 1 is 1.36 bits per heavy atom. The molecule has 22 heavy (non-hydrogen) atoms. The molecular formula is C17H20N4O. The summed E-state index contributed by atoms with van der Waals surface area (Å²) in [5.41, 5.74) is 2.08. The highest BCUT2D eigenvalue weighted by Crippen LogP contribution is 2.25. The van der Waals surface area contributed by atoms with Crippen molar-refractivity contribution >= 4 is 5.91 Å². The van der Waals surface area contributed by atoms with Gasteiger partial charge in [0.1, 0.15) is 5.82 Å². The zero-order valence-corrected chi connectivity index (χ0v) is 12.8. The van der Waals surface area contributed by atoms with Crippen molar-refractivity contribution < 1.29 is 4.79 Å².